The molecule has 1 aromatic heterocycles. The number of rotatable bonds is 5. The minimum absolute atomic E-state index is 0.216. The van der Waals surface area contributed by atoms with Crippen molar-refractivity contribution in [2.45, 2.75) is 26.0 Å². The first-order chi connectivity index (χ1) is 11.2. The number of aryl methyl sites for hydroxylation is 1. The van der Waals surface area contributed by atoms with Crippen LogP contribution in [0.4, 0.5) is 0 Å². The lowest BCUT2D eigenvalue weighted by Gasteiger charge is -2.32. The summed E-state index contributed by atoms with van der Waals surface area (Å²) in [5.41, 5.74) is 7.49. The molecule has 6 heteroatoms. The summed E-state index contributed by atoms with van der Waals surface area (Å²) in [5.74, 6) is 1.47. The monoisotopic (exact) mass is 335 g/mol. The van der Waals surface area contributed by atoms with Gasteiger partial charge in [0, 0.05) is 30.2 Å². The molecule has 2 N–H and O–H groups in total. The fourth-order valence-electron chi connectivity index (χ4n) is 2.82. The van der Waals surface area contributed by atoms with Gasteiger partial charge in [-0.1, -0.05) is 17.7 Å². The number of nitrogens with two attached hydrogens (primary N) is 1. The SMILES string of the molecule is Cc1oc(-c2cccc(Cl)c2)nc1CN1CCO[C@@H](CCN)C1. The van der Waals surface area contributed by atoms with Crippen molar-refractivity contribution in [3.05, 3.63) is 40.7 Å². The second kappa shape index (κ2) is 7.45. The third-order valence-corrected chi connectivity index (χ3v) is 4.28. The Morgan fingerprint density at radius 2 is 2.30 bits per heavy atom. The molecule has 0 bridgehead atoms. The van der Waals surface area contributed by atoms with Crippen molar-refractivity contribution < 1.29 is 9.15 Å². The summed E-state index contributed by atoms with van der Waals surface area (Å²) in [6.45, 7) is 5.90. The van der Waals surface area contributed by atoms with E-state index < -0.39 is 0 Å². The molecule has 2 heterocycles. The highest BCUT2D eigenvalue weighted by Crippen LogP contribution is 2.25. The molecule has 1 aliphatic heterocycles. The third-order valence-electron chi connectivity index (χ3n) is 4.05. The van der Waals surface area contributed by atoms with E-state index in [1.807, 2.05) is 31.2 Å². The minimum atomic E-state index is 0.216. The summed E-state index contributed by atoms with van der Waals surface area (Å²) in [5, 5.41) is 0.678. The molecular weight excluding hydrogens is 314 g/mol. The lowest BCUT2D eigenvalue weighted by molar-refractivity contribution is -0.0339. The topological polar surface area (TPSA) is 64.5 Å². The Labute approximate surface area is 141 Å². The third kappa shape index (κ3) is 4.12. The second-order valence-electron chi connectivity index (χ2n) is 5.84. The maximum Gasteiger partial charge on any atom is 0.226 e. The molecule has 5 nitrogen and oxygen atoms in total. The Hall–Kier alpha value is -1.40. The van der Waals surface area contributed by atoms with Crippen LogP contribution in [0.5, 0.6) is 0 Å². The fourth-order valence-corrected chi connectivity index (χ4v) is 3.01. The van der Waals surface area contributed by atoms with Gasteiger partial charge in [0.1, 0.15) is 5.76 Å². The van der Waals surface area contributed by atoms with Crippen molar-refractivity contribution >= 4 is 11.6 Å². The number of benzene rings is 1. The van der Waals surface area contributed by atoms with E-state index in [1.165, 1.54) is 0 Å². The molecule has 0 spiro atoms. The summed E-state index contributed by atoms with van der Waals surface area (Å²) in [7, 11) is 0. The summed E-state index contributed by atoms with van der Waals surface area (Å²) in [6.07, 6.45) is 1.11. The highest BCUT2D eigenvalue weighted by Gasteiger charge is 2.22. The molecule has 1 fully saturated rings. The molecule has 0 unspecified atom stereocenters. The molecule has 2 aromatic rings. The highest BCUT2D eigenvalue weighted by molar-refractivity contribution is 6.30. The predicted octanol–water partition coefficient (Wildman–Crippen LogP) is 2.85. The number of nitrogens with zero attached hydrogens (tertiary/aromatic N) is 2. The lowest BCUT2D eigenvalue weighted by atomic mass is 10.2. The van der Waals surface area contributed by atoms with E-state index in [9.17, 15) is 0 Å². The van der Waals surface area contributed by atoms with Gasteiger partial charge in [-0.25, -0.2) is 4.98 Å². The molecular formula is C17H22ClN3O2. The molecule has 1 aliphatic rings. The predicted molar refractivity (Wildman–Crippen MR) is 90.4 cm³/mol. The minimum Gasteiger partial charge on any atom is -0.441 e. The van der Waals surface area contributed by atoms with Gasteiger partial charge in [-0.3, -0.25) is 4.90 Å². The zero-order valence-corrected chi connectivity index (χ0v) is 14.1. The number of oxazole rings is 1. The molecule has 1 atom stereocenters. The number of morpholine rings is 1. The van der Waals surface area contributed by atoms with E-state index in [-0.39, 0.29) is 6.10 Å². The number of halogens is 1. The molecule has 1 aromatic carbocycles. The van der Waals surface area contributed by atoms with Gasteiger partial charge < -0.3 is 14.9 Å². The first kappa shape index (κ1) is 16.5. The van der Waals surface area contributed by atoms with Crippen LogP contribution < -0.4 is 5.73 Å². The lowest BCUT2D eigenvalue weighted by Crippen LogP contribution is -2.42. The van der Waals surface area contributed by atoms with Crippen LogP contribution in [0.1, 0.15) is 17.9 Å². The molecule has 0 aliphatic carbocycles. The molecule has 124 valence electrons. The van der Waals surface area contributed by atoms with E-state index in [0.29, 0.717) is 17.5 Å². The molecule has 3 rings (SSSR count). The van der Waals surface area contributed by atoms with Crippen molar-refractivity contribution in [3.8, 4) is 11.5 Å². The summed E-state index contributed by atoms with van der Waals surface area (Å²) in [6, 6.07) is 7.55. The number of hydrogen-bond acceptors (Lipinski definition) is 5. The first-order valence-corrected chi connectivity index (χ1v) is 8.30. The van der Waals surface area contributed by atoms with Crippen LogP contribution in [0.15, 0.2) is 28.7 Å². The number of hydrogen-bond donors (Lipinski definition) is 1. The highest BCUT2D eigenvalue weighted by atomic mass is 35.5. The van der Waals surface area contributed by atoms with Crippen LogP contribution in [0, 0.1) is 6.92 Å². The fraction of sp³-hybridized carbons (Fsp3) is 0.471. The van der Waals surface area contributed by atoms with Crippen molar-refractivity contribution in [2.24, 2.45) is 5.73 Å². The Morgan fingerprint density at radius 1 is 1.43 bits per heavy atom. The van der Waals surface area contributed by atoms with Crippen LogP contribution in [0.3, 0.4) is 0 Å². The zero-order valence-electron chi connectivity index (χ0n) is 13.3. The van der Waals surface area contributed by atoms with E-state index >= 15 is 0 Å². The van der Waals surface area contributed by atoms with Gasteiger partial charge in [0.05, 0.1) is 18.4 Å². The molecule has 0 saturated carbocycles. The quantitative estimate of drug-likeness (QED) is 0.910. The van der Waals surface area contributed by atoms with Crippen molar-refractivity contribution in [3.63, 3.8) is 0 Å². The van der Waals surface area contributed by atoms with Gasteiger partial charge >= 0.3 is 0 Å². The average molecular weight is 336 g/mol. The second-order valence-corrected chi connectivity index (χ2v) is 6.27. The van der Waals surface area contributed by atoms with E-state index in [2.05, 4.69) is 9.88 Å². The van der Waals surface area contributed by atoms with Crippen molar-refractivity contribution in [1.29, 1.82) is 0 Å². The maximum atomic E-state index is 6.04. The standard InChI is InChI=1S/C17H22ClN3O2/c1-12-16(11-21-7-8-22-15(10-21)5-6-19)20-17(23-12)13-3-2-4-14(18)9-13/h2-4,9,15H,5-8,10-11,19H2,1H3/t15-/m0/s1. The smallest absolute Gasteiger partial charge is 0.226 e. The van der Waals surface area contributed by atoms with Gasteiger partial charge in [-0.2, -0.15) is 0 Å². The van der Waals surface area contributed by atoms with Crippen LogP contribution in [-0.2, 0) is 11.3 Å². The van der Waals surface area contributed by atoms with Crippen molar-refractivity contribution in [1.82, 2.24) is 9.88 Å². The van der Waals surface area contributed by atoms with Gasteiger partial charge in [-0.05, 0) is 38.1 Å². The molecule has 0 amide bonds. The summed E-state index contributed by atoms with van der Waals surface area (Å²) >= 11 is 6.04. The zero-order chi connectivity index (χ0) is 16.2. The summed E-state index contributed by atoms with van der Waals surface area (Å²) < 4.78 is 11.5. The van der Waals surface area contributed by atoms with Crippen LogP contribution in [0.2, 0.25) is 5.02 Å². The Bertz CT molecular complexity index is 657. The van der Waals surface area contributed by atoms with Gasteiger partial charge in [0.25, 0.3) is 0 Å². The van der Waals surface area contributed by atoms with Crippen LogP contribution in [0.25, 0.3) is 11.5 Å². The normalized spacial score (nSPS) is 19.2. The molecule has 0 radical (unpaired) electrons. The van der Waals surface area contributed by atoms with Gasteiger partial charge in [0.15, 0.2) is 0 Å². The van der Waals surface area contributed by atoms with Gasteiger partial charge in [0.2, 0.25) is 5.89 Å². The average Bonchev–Trinajstić information content (AvgIpc) is 2.89. The number of ether oxygens (including phenoxy) is 1. The van der Waals surface area contributed by atoms with E-state index in [1.54, 1.807) is 0 Å². The van der Waals surface area contributed by atoms with Crippen molar-refractivity contribution in [2.75, 3.05) is 26.2 Å². The summed E-state index contributed by atoms with van der Waals surface area (Å²) in [4.78, 5) is 7.00. The van der Waals surface area contributed by atoms with E-state index in [0.717, 1.165) is 49.7 Å². The Kier molecular flexibility index (Phi) is 5.33. The van der Waals surface area contributed by atoms with E-state index in [4.69, 9.17) is 26.5 Å². The largest absolute Gasteiger partial charge is 0.441 e. The maximum absolute atomic E-state index is 6.04. The number of aromatic nitrogens is 1. The van der Waals surface area contributed by atoms with Crippen LogP contribution >= 0.6 is 11.6 Å². The molecule has 1 saturated heterocycles. The van der Waals surface area contributed by atoms with Gasteiger partial charge in [-0.15, -0.1) is 0 Å². The Morgan fingerprint density at radius 3 is 3.09 bits per heavy atom. The van der Waals surface area contributed by atoms with Crippen LogP contribution in [-0.4, -0.2) is 42.2 Å². The first-order valence-electron chi connectivity index (χ1n) is 7.92. The molecule has 23 heavy (non-hydrogen) atoms. The Balaban J connectivity index is 1.71.